The molecule has 0 aromatic rings. The Morgan fingerprint density at radius 3 is 2.41 bits per heavy atom. The Balaban J connectivity index is 1.61. The quantitative estimate of drug-likeness (QED) is 0.528. The standard InChI is InChI=1S/C12H18BrF3O/c13-7-11(5-9-4-10(9)6-11)2-1-3-17-8-12(14,15)16/h9-10H,1-8H2. The summed E-state index contributed by atoms with van der Waals surface area (Å²) >= 11 is 3.56. The fraction of sp³-hybridized carbons (Fsp3) is 1.00. The maximum Gasteiger partial charge on any atom is 0.411 e. The van der Waals surface area contributed by atoms with Crippen LogP contribution in [0.4, 0.5) is 13.2 Å². The Bertz CT molecular complexity index is 257. The van der Waals surface area contributed by atoms with Gasteiger partial charge in [-0.05, 0) is 49.4 Å². The van der Waals surface area contributed by atoms with Gasteiger partial charge in [0.2, 0.25) is 0 Å². The van der Waals surface area contributed by atoms with Gasteiger partial charge in [0.1, 0.15) is 6.61 Å². The number of hydrogen-bond donors (Lipinski definition) is 0. The van der Waals surface area contributed by atoms with Gasteiger partial charge in [0.05, 0.1) is 0 Å². The lowest BCUT2D eigenvalue weighted by molar-refractivity contribution is -0.174. The van der Waals surface area contributed by atoms with E-state index in [1.54, 1.807) is 0 Å². The molecular formula is C12H18BrF3O. The highest BCUT2D eigenvalue weighted by Gasteiger charge is 2.52. The third kappa shape index (κ3) is 3.85. The van der Waals surface area contributed by atoms with Crippen molar-refractivity contribution >= 4 is 15.9 Å². The van der Waals surface area contributed by atoms with E-state index in [0.717, 1.165) is 30.0 Å². The normalized spacial score (nSPS) is 36.0. The second-order valence-electron chi connectivity index (χ2n) is 5.57. The summed E-state index contributed by atoms with van der Waals surface area (Å²) < 4.78 is 40.2. The van der Waals surface area contributed by atoms with Crippen LogP contribution in [-0.2, 0) is 4.74 Å². The highest BCUT2D eigenvalue weighted by Crippen LogP contribution is 2.61. The summed E-state index contributed by atoms with van der Waals surface area (Å²) in [6.45, 7) is -0.886. The molecule has 0 N–H and O–H groups in total. The second kappa shape index (κ2) is 5.08. The molecule has 0 bridgehead atoms. The van der Waals surface area contributed by atoms with Gasteiger partial charge < -0.3 is 4.74 Å². The SMILES string of the molecule is FC(F)(F)COCCCC1(CBr)CC2CC2C1. The van der Waals surface area contributed by atoms with Crippen LogP contribution in [0.25, 0.3) is 0 Å². The molecule has 0 spiro atoms. The first-order valence-electron chi connectivity index (χ1n) is 6.15. The van der Waals surface area contributed by atoms with E-state index in [2.05, 4.69) is 20.7 Å². The molecule has 0 aromatic carbocycles. The maximum atomic E-state index is 11.8. The van der Waals surface area contributed by atoms with Crippen molar-refractivity contribution in [3.8, 4) is 0 Å². The molecular weight excluding hydrogens is 297 g/mol. The summed E-state index contributed by atoms with van der Waals surface area (Å²) in [5.74, 6) is 1.81. The van der Waals surface area contributed by atoms with E-state index < -0.39 is 12.8 Å². The summed E-state index contributed by atoms with van der Waals surface area (Å²) in [6.07, 6.45) is 1.41. The summed E-state index contributed by atoms with van der Waals surface area (Å²) in [4.78, 5) is 0. The zero-order valence-corrected chi connectivity index (χ0v) is 11.3. The molecule has 17 heavy (non-hydrogen) atoms. The maximum absolute atomic E-state index is 11.8. The monoisotopic (exact) mass is 314 g/mol. The minimum Gasteiger partial charge on any atom is -0.372 e. The molecule has 2 atom stereocenters. The molecule has 2 aliphatic rings. The smallest absolute Gasteiger partial charge is 0.372 e. The predicted octanol–water partition coefficient (Wildman–Crippen LogP) is 4.16. The van der Waals surface area contributed by atoms with Gasteiger partial charge in [0.25, 0.3) is 0 Å². The van der Waals surface area contributed by atoms with Crippen LogP contribution < -0.4 is 0 Å². The average Bonchev–Trinajstić information content (AvgIpc) is 2.85. The van der Waals surface area contributed by atoms with Gasteiger partial charge in [0, 0.05) is 11.9 Å². The lowest BCUT2D eigenvalue weighted by Gasteiger charge is -2.28. The van der Waals surface area contributed by atoms with E-state index >= 15 is 0 Å². The van der Waals surface area contributed by atoms with Gasteiger partial charge in [-0.25, -0.2) is 0 Å². The average molecular weight is 315 g/mol. The fourth-order valence-corrected chi connectivity index (χ4v) is 3.86. The van der Waals surface area contributed by atoms with E-state index in [4.69, 9.17) is 0 Å². The van der Waals surface area contributed by atoms with E-state index in [9.17, 15) is 13.2 Å². The van der Waals surface area contributed by atoms with Gasteiger partial charge in [0.15, 0.2) is 0 Å². The number of ether oxygens (including phenoxy) is 1. The van der Waals surface area contributed by atoms with Crippen molar-refractivity contribution in [2.45, 2.75) is 38.3 Å². The highest BCUT2D eigenvalue weighted by molar-refractivity contribution is 9.09. The molecule has 1 nitrogen and oxygen atoms in total. The Hall–Kier alpha value is 0.230. The van der Waals surface area contributed by atoms with Crippen LogP contribution >= 0.6 is 15.9 Å². The van der Waals surface area contributed by atoms with Crippen LogP contribution in [0.2, 0.25) is 0 Å². The summed E-state index contributed by atoms with van der Waals surface area (Å²) in [6, 6.07) is 0. The molecule has 0 radical (unpaired) electrons. The molecule has 0 aromatic heterocycles. The largest absolute Gasteiger partial charge is 0.411 e. The molecule has 0 heterocycles. The van der Waals surface area contributed by atoms with Gasteiger partial charge in [-0.15, -0.1) is 0 Å². The van der Waals surface area contributed by atoms with Crippen molar-refractivity contribution < 1.29 is 17.9 Å². The molecule has 0 saturated heterocycles. The van der Waals surface area contributed by atoms with Gasteiger partial charge in [-0.1, -0.05) is 15.9 Å². The highest BCUT2D eigenvalue weighted by atomic mass is 79.9. The fourth-order valence-electron chi connectivity index (χ4n) is 3.12. The molecule has 2 saturated carbocycles. The molecule has 2 rings (SSSR count). The topological polar surface area (TPSA) is 9.23 Å². The van der Waals surface area contributed by atoms with Crippen molar-refractivity contribution in [1.82, 2.24) is 0 Å². The van der Waals surface area contributed by atoms with Gasteiger partial charge in [-0.3, -0.25) is 0 Å². The van der Waals surface area contributed by atoms with Crippen molar-refractivity contribution in [2.24, 2.45) is 17.3 Å². The number of alkyl halides is 4. The van der Waals surface area contributed by atoms with E-state index in [1.807, 2.05) is 0 Å². The first kappa shape index (κ1) is 13.7. The molecule has 0 amide bonds. The molecule has 100 valence electrons. The van der Waals surface area contributed by atoms with E-state index in [-0.39, 0.29) is 6.61 Å². The Morgan fingerprint density at radius 1 is 1.24 bits per heavy atom. The minimum atomic E-state index is -4.19. The summed E-state index contributed by atoms with van der Waals surface area (Å²) in [7, 11) is 0. The molecule has 2 aliphatic carbocycles. The first-order chi connectivity index (χ1) is 7.94. The van der Waals surface area contributed by atoms with Crippen molar-refractivity contribution in [3.63, 3.8) is 0 Å². The number of halogens is 4. The third-order valence-electron chi connectivity index (χ3n) is 4.00. The number of fused-ring (bicyclic) bond motifs is 1. The van der Waals surface area contributed by atoms with Crippen LogP contribution in [0.15, 0.2) is 0 Å². The zero-order chi connectivity index (χ0) is 12.5. The molecule has 2 fully saturated rings. The molecule has 0 aliphatic heterocycles. The van der Waals surface area contributed by atoms with Crippen LogP contribution in [0.5, 0.6) is 0 Å². The van der Waals surface area contributed by atoms with Crippen LogP contribution in [0.3, 0.4) is 0 Å². The third-order valence-corrected chi connectivity index (χ3v) is 5.19. The van der Waals surface area contributed by atoms with Crippen LogP contribution in [0.1, 0.15) is 32.1 Å². The van der Waals surface area contributed by atoms with Crippen LogP contribution in [-0.4, -0.2) is 24.7 Å². The lowest BCUT2D eigenvalue weighted by atomic mass is 9.81. The van der Waals surface area contributed by atoms with Crippen molar-refractivity contribution in [2.75, 3.05) is 18.5 Å². The summed E-state index contributed by atoms with van der Waals surface area (Å²) in [5, 5.41) is 0.978. The molecule has 5 heteroatoms. The van der Waals surface area contributed by atoms with Crippen molar-refractivity contribution in [3.05, 3.63) is 0 Å². The Morgan fingerprint density at radius 2 is 1.88 bits per heavy atom. The minimum absolute atomic E-state index is 0.226. The van der Waals surface area contributed by atoms with E-state index in [1.165, 1.54) is 19.3 Å². The van der Waals surface area contributed by atoms with Crippen molar-refractivity contribution in [1.29, 1.82) is 0 Å². The molecule has 2 unspecified atom stereocenters. The zero-order valence-electron chi connectivity index (χ0n) is 9.73. The van der Waals surface area contributed by atoms with E-state index in [0.29, 0.717) is 5.41 Å². The lowest BCUT2D eigenvalue weighted by Crippen LogP contribution is -2.22. The van der Waals surface area contributed by atoms with Gasteiger partial charge in [-0.2, -0.15) is 13.2 Å². The Labute approximate surface area is 108 Å². The first-order valence-corrected chi connectivity index (χ1v) is 7.27. The predicted molar refractivity (Wildman–Crippen MR) is 63.2 cm³/mol. The van der Waals surface area contributed by atoms with Gasteiger partial charge >= 0.3 is 6.18 Å². The second-order valence-corrected chi connectivity index (χ2v) is 6.13. The summed E-state index contributed by atoms with van der Waals surface area (Å²) in [5.41, 5.74) is 0.342. The Kier molecular flexibility index (Phi) is 4.08. The number of rotatable bonds is 6. The number of hydrogen-bond acceptors (Lipinski definition) is 1. The van der Waals surface area contributed by atoms with Crippen LogP contribution in [0, 0.1) is 17.3 Å².